The van der Waals surface area contributed by atoms with Crippen LogP contribution in [0, 0.1) is 11.3 Å². The number of nitrogens with zero attached hydrogens (tertiary/aromatic N) is 3. The van der Waals surface area contributed by atoms with E-state index in [4.69, 9.17) is 16.0 Å². The van der Waals surface area contributed by atoms with Crippen molar-refractivity contribution in [1.82, 2.24) is 20.5 Å². The first-order chi connectivity index (χ1) is 16.8. The van der Waals surface area contributed by atoms with Gasteiger partial charge in [0.1, 0.15) is 17.1 Å². The van der Waals surface area contributed by atoms with Crippen molar-refractivity contribution in [3.63, 3.8) is 0 Å². The summed E-state index contributed by atoms with van der Waals surface area (Å²) in [6, 6.07) is 6.69. The van der Waals surface area contributed by atoms with Crippen LogP contribution in [0.5, 0.6) is 0 Å². The Balaban J connectivity index is 1.48. The molecule has 2 amide bonds. The van der Waals surface area contributed by atoms with Crippen LogP contribution in [0.15, 0.2) is 28.7 Å². The van der Waals surface area contributed by atoms with Gasteiger partial charge in [-0.05, 0) is 42.5 Å². The third-order valence-electron chi connectivity index (χ3n) is 6.17. The molecule has 0 bridgehead atoms. The minimum absolute atomic E-state index is 0.0106. The van der Waals surface area contributed by atoms with Crippen LogP contribution in [-0.2, 0) is 16.0 Å². The van der Waals surface area contributed by atoms with Crippen LogP contribution >= 0.6 is 11.6 Å². The summed E-state index contributed by atoms with van der Waals surface area (Å²) in [4.78, 5) is 31.1. The Kier molecular flexibility index (Phi) is 7.67. The van der Waals surface area contributed by atoms with Crippen LogP contribution in [0.4, 0.5) is 8.78 Å². The molecule has 0 radical (unpaired) electrons. The normalized spacial score (nSPS) is 18.1. The predicted molar refractivity (Wildman–Crippen MR) is 126 cm³/mol. The topological polar surface area (TPSA) is 111 Å². The Hall–Kier alpha value is -3.03. The van der Waals surface area contributed by atoms with Crippen LogP contribution in [-0.4, -0.2) is 65.2 Å². The number of oxazole rings is 1. The number of carbonyl (C=O) groups is 2. The molecule has 4 rings (SSSR count). The molecule has 8 nitrogen and oxygen atoms in total. The minimum atomic E-state index is -2.35. The molecule has 35 heavy (non-hydrogen) atoms. The number of rotatable bonds is 10. The van der Waals surface area contributed by atoms with Gasteiger partial charge in [-0.3, -0.25) is 14.5 Å². The third kappa shape index (κ3) is 6.35. The van der Waals surface area contributed by atoms with Crippen molar-refractivity contribution in [3.8, 4) is 6.07 Å². The molecule has 1 aromatic heterocycles. The lowest BCUT2D eigenvalue weighted by atomic mass is 9.99. The van der Waals surface area contributed by atoms with E-state index in [9.17, 15) is 23.6 Å². The van der Waals surface area contributed by atoms with Crippen molar-refractivity contribution in [2.45, 2.75) is 50.1 Å². The minimum Gasteiger partial charge on any atom is -0.441 e. The lowest BCUT2D eigenvalue weighted by molar-refractivity contribution is -0.129. The van der Waals surface area contributed by atoms with Gasteiger partial charge in [-0.2, -0.15) is 5.26 Å². The van der Waals surface area contributed by atoms with E-state index < -0.39 is 23.9 Å². The lowest BCUT2D eigenvalue weighted by Crippen LogP contribution is -2.51. The number of halogens is 3. The second-order valence-electron chi connectivity index (χ2n) is 8.87. The number of nitriles is 1. The summed E-state index contributed by atoms with van der Waals surface area (Å²) in [5.74, 6) is -0.476. The van der Waals surface area contributed by atoms with E-state index in [0.29, 0.717) is 43.5 Å². The molecule has 11 heteroatoms. The van der Waals surface area contributed by atoms with Crippen LogP contribution in [0.3, 0.4) is 0 Å². The highest BCUT2D eigenvalue weighted by molar-refractivity contribution is 6.19. The number of alkyl halides is 3. The first-order valence-electron chi connectivity index (χ1n) is 11.5. The number of amides is 2. The number of hydrogen-bond acceptors (Lipinski definition) is 6. The number of carbonyl (C=O) groups excluding carboxylic acids is 2. The molecule has 1 unspecified atom stereocenters. The molecule has 2 N–H and O–H groups in total. The summed E-state index contributed by atoms with van der Waals surface area (Å²) in [6.07, 6.45) is 1.44. The summed E-state index contributed by atoms with van der Waals surface area (Å²) < 4.78 is 31.1. The van der Waals surface area contributed by atoms with Crippen molar-refractivity contribution in [1.29, 1.82) is 5.26 Å². The van der Waals surface area contributed by atoms with Crippen molar-refractivity contribution in [2.75, 3.05) is 25.5 Å². The summed E-state index contributed by atoms with van der Waals surface area (Å²) in [5, 5.41) is 14.6. The predicted octanol–water partition coefficient (Wildman–Crippen LogP) is 3.01. The maximum atomic E-state index is 12.8. The Morgan fingerprint density at radius 2 is 2.14 bits per heavy atom. The fourth-order valence-electron chi connectivity index (χ4n) is 4.04. The summed E-state index contributed by atoms with van der Waals surface area (Å²) in [6.45, 7) is 0.779. The zero-order valence-corrected chi connectivity index (χ0v) is 19.8. The first-order valence-corrected chi connectivity index (χ1v) is 12.0. The van der Waals surface area contributed by atoms with E-state index in [2.05, 4.69) is 21.7 Å². The number of hydrogen-bond donors (Lipinski definition) is 2. The smallest absolute Gasteiger partial charge is 0.251 e. The Morgan fingerprint density at radius 3 is 2.77 bits per heavy atom. The fraction of sp³-hybridized carbons (Fsp3) is 0.500. The number of aromatic nitrogens is 1. The van der Waals surface area contributed by atoms with Gasteiger partial charge in [-0.15, -0.1) is 11.6 Å². The quantitative estimate of drug-likeness (QED) is 0.480. The molecule has 1 aliphatic heterocycles. The van der Waals surface area contributed by atoms with Gasteiger partial charge < -0.3 is 15.1 Å². The van der Waals surface area contributed by atoms with Gasteiger partial charge in [0.05, 0.1) is 19.0 Å². The summed E-state index contributed by atoms with van der Waals surface area (Å²) >= 11 is 5.65. The van der Waals surface area contributed by atoms with Crippen molar-refractivity contribution < 1.29 is 22.8 Å². The van der Waals surface area contributed by atoms with Crippen molar-refractivity contribution >= 4 is 40.1 Å². The van der Waals surface area contributed by atoms with Gasteiger partial charge >= 0.3 is 0 Å². The molecule has 1 fully saturated rings. The van der Waals surface area contributed by atoms with Crippen LogP contribution < -0.4 is 10.6 Å². The fourth-order valence-corrected chi connectivity index (χ4v) is 4.21. The third-order valence-corrected chi connectivity index (χ3v) is 6.36. The number of benzene rings is 1. The van der Waals surface area contributed by atoms with Crippen LogP contribution in [0.2, 0.25) is 0 Å². The van der Waals surface area contributed by atoms with E-state index in [1.165, 1.54) is 0 Å². The average Bonchev–Trinajstić information content (AvgIpc) is 3.48. The van der Waals surface area contributed by atoms with Gasteiger partial charge in [0.2, 0.25) is 11.8 Å². The average molecular weight is 506 g/mol. The monoisotopic (exact) mass is 505 g/mol. The Morgan fingerprint density at radius 1 is 1.34 bits per heavy atom. The maximum Gasteiger partial charge on any atom is 0.251 e. The second kappa shape index (κ2) is 10.7. The second-order valence-corrected chi connectivity index (χ2v) is 9.24. The Labute approximate surface area is 206 Å². The summed E-state index contributed by atoms with van der Waals surface area (Å²) in [5.41, 5.74) is 2.22. The molecule has 2 aliphatic rings. The molecule has 1 saturated carbocycles. The van der Waals surface area contributed by atoms with E-state index in [1.54, 1.807) is 11.0 Å². The molecule has 0 spiro atoms. The van der Waals surface area contributed by atoms with Crippen molar-refractivity contribution in [3.05, 3.63) is 35.7 Å². The molecule has 186 valence electrons. The van der Waals surface area contributed by atoms with E-state index in [1.807, 2.05) is 18.2 Å². The van der Waals surface area contributed by atoms with E-state index >= 15 is 0 Å². The van der Waals surface area contributed by atoms with Crippen LogP contribution in [0.1, 0.15) is 37.1 Å². The Bertz CT molecular complexity index is 1170. The maximum absolute atomic E-state index is 12.8. The van der Waals surface area contributed by atoms with Crippen molar-refractivity contribution in [2.24, 2.45) is 0 Å². The zero-order valence-electron chi connectivity index (χ0n) is 19.0. The number of fused-ring (bicyclic) bond motifs is 1. The lowest BCUT2D eigenvalue weighted by Gasteiger charge is -2.25. The van der Waals surface area contributed by atoms with Gasteiger partial charge in [-0.1, -0.05) is 12.1 Å². The molecule has 2 heterocycles. The first kappa shape index (κ1) is 25.1. The SMILES string of the molecule is N#CC1(NC(=O)C(Cc2nc3ccc(C4=CCN(CC(F)F)CC4)cc3o2)NC(=O)CCCl)CC1. The number of nitrogens with one attached hydrogen (secondary N) is 2. The highest BCUT2D eigenvalue weighted by Gasteiger charge is 2.45. The molecule has 1 aliphatic carbocycles. The van der Waals surface area contributed by atoms with Gasteiger partial charge in [-0.25, -0.2) is 13.8 Å². The standard InChI is InChI=1S/C24H26ClF2N5O3/c25-8-3-21(33)29-18(23(34)31-24(14-28)6-7-24)12-22-30-17-2-1-16(11-19(17)35-22)15-4-9-32(10-5-15)13-20(26)27/h1-2,4,11,18,20H,3,5-10,12-13H2,(H,29,33)(H,31,34). The molecular weight excluding hydrogens is 480 g/mol. The van der Waals surface area contributed by atoms with E-state index in [-0.39, 0.29) is 37.1 Å². The molecule has 1 atom stereocenters. The van der Waals surface area contributed by atoms with Gasteiger partial charge in [0, 0.05) is 25.4 Å². The molecule has 1 aromatic carbocycles. The summed E-state index contributed by atoms with van der Waals surface area (Å²) in [7, 11) is 0. The van der Waals surface area contributed by atoms with E-state index in [0.717, 1.165) is 11.1 Å². The largest absolute Gasteiger partial charge is 0.441 e. The van der Waals surface area contributed by atoms with Crippen LogP contribution in [0.25, 0.3) is 16.7 Å². The van der Waals surface area contributed by atoms with Gasteiger partial charge in [0.15, 0.2) is 11.5 Å². The molecule has 0 saturated heterocycles. The van der Waals surface area contributed by atoms with Gasteiger partial charge in [0.25, 0.3) is 6.43 Å². The highest BCUT2D eigenvalue weighted by Crippen LogP contribution is 2.34. The highest BCUT2D eigenvalue weighted by atomic mass is 35.5. The zero-order chi connectivity index (χ0) is 25.0. The molecule has 2 aromatic rings. The molecular formula is C24H26ClF2N5O3.